The maximum atomic E-state index is 4.47. The molecule has 0 spiro atoms. The molecule has 0 fully saturated rings. The highest BCUT2D eigenvalue weighted by Gasteiger charge is 2.35. The topological polar surface area (TPSA) is 12.0 Å². The van der Waals surface area contributed by atoms with E-state index in [9.17, 15) is 0 Å². The van der Waals surface area contributed by atoms with Gasteiger partial charge in [0.15, 0.2) is 0 Å². The highest BCUT2D eigenvalue weighted by Crippen LogP contribution is 2.37. The molecule has 1 N–H and O–H groups in total. The Morgan fingerprint density at radius 3 is 1.62 bits per heavy atom. The van der Waals surface area contributed by atoms with Gasteiger partial charge in [-0.05, 0) is 53.9 Å². The van der Waals surface area contributed by atoms with Crippen LogP contribution in [0.1, 0.15) is 36.5 Å². The summed E-state index contributed by atoms with van der Waals surface area (Å²) >= 11 is 8.94. The van der Waals surface area contributed by atoms with Gasteiger partial charge in [0.25, 0.3) is 0 Å². The van der Waals surface area contributed by atoms with Gasteiger partial charge >= 0.3 is 0 Å². The number of unbranched alkanes of at least 4 members (excludes halogenated alkanes) is 1. The molecule has 0 aliphatic heterocycles. The van der Waals surface area contributed by atoms with E-state index < -0.39 is 5.54 Å². The molecule has 0 heterocycles. The standard InChI is InChI=1S/C23H25NS2/c1-2-3-17-24-23(18-7-5-4-6-8-18,19-9-13-21(25)14-10-19)20-11-15-22(26)16-12-20/h4-16,24-26H,2-3,17H2,1H3. The fourth-order valence-corrected chi connectivity index (χ4v) is 3.67. The van der Waals surface area contributed by atoms with Crippen LogP contribution in [0.2, 0.25) is 0 Å². The summed E-state index contributed by atoms with van der Waals surface area (Å²) in [6, 6.07) is 27.6. The van der Waals surface area contributed by atoms with Crippen LogP contribution in [0.15, 0.2) is 88.7 Å². The first-order chi connectivity index (χ1) is 12.7. The lowest BCUT2D eigenvalue weighted by atomic mass is 9.77. The molecule has 0 aromatic heterocycles. The second-order valence-electron chi connectivity index (χ2n) is 6.49. The van der Waals surface area contributed by atoms with E-state index in [1.807, 2.05) is 0 Å². The monoisotopic (exact) mass is 379 g/mol. The van der Waals surface area contributed by atoms with Crippen molar-refractivity contribution < 1.29 is 0 Å². The Bertz CT molecular complexity index is 766. The van der Waals surface area contributed by atoms with Crippen molar-refractivity contribution in [1.82, 2.24) is 5.32 Å². The second-order valence-corrected chi connectivity index (χ2v) is 7.52. The van der Waals surface area contributed by atoms with Crippen molar-refractivity contribution in [2.75, 3.05) is 6.54 Å². The summed E-state index contributed by atoms with van der Waals surface area (Å²) in [7, 11) is 0. The molecule has 0 saturated carbocycles. The van der Waals surface area contributed by atoms with Crippen LogP contribution in [0.3, 0.4) is 0 Å². The van der Waals surface area contributed by atoms with Crippen LogP contribution in [0.5, 0.6) is 0 Å². The molecular formula is C23H25NS2. The van der Waals surface area contributed by atoms with Crippen molar-refractivity contribution in [2.24, 2.45) is 0 Å². The Labute approximate surface area is 167 Å². The number of hydrogen-bond acceptors (Lipinski definition) is 3. The van der Waals surface area contributed by atoms with Gasteiger partial charge in [0.05, 0.1) is 5.54 Å². The summed E-state index contributed by atoms with van der Waals surface area (Å²) in [5, 5.41) is 3.87. The Morgan fingerprint density at radius 1 is 0.692 bits per heavy atom. The molecule has 26 heavy (non-hydrogen) atoms. The summed E-state index contributed by atoms with van der Waals surface area (Å²) < 4.78 is 0. The number of thiol groups is 2. The summed E-state index contributed by atoms with van der Waals surface area (Å²) in [6.07, 6.45) is 2.28. The Balaban J connectivity index is 2.22. The van der Waals surface area contributed by atoms with Gasteiger partial charge in [0.1, 0.15) is 0 Å². The minimum atomic E-state index is -0.403. The third kappa shape index (κ3) is 4.01. The quantitative estimate of drug-likeness (QED) is 0.262. The normalized spacial score (nSPS) is 11.5. The van der Waals surface area contributed by atoms with E-state index in [-0.39, 0.29) is 0 Å². The molecule has 0 bridgehead atoms. The van der Waals surface area contributed by atoms with Gasteiger partial charge in [-0.2, -0.15) is 0 Å². The maximum Gasteiger partial charge on any atom is 0.0948 e. The predicted molar refractivity (Wildman–Crippen MR) is 117 cm³/mol. The third-order valence-electron chi connectivity index (χ3n) is 4.73. The smallest absolute Gasteiger partial charge is 0.0948 e. The molecule has 0 atom stereocenters. The number of benzene rings is 3. The summed E-state index contributed by atoms with van der Waals surface area (Å²) in [5.41, 5.74) is 3.25. The first kappa shape index (κ1) is 19.1. The lowest BCUT2D eigenvalue weighted by Crippen LogP contribution is -2.45. The van der Waals surface area contributed by atoms with Gasteiger partial charge in [0, 0.05) is 9.79 Å². The van der Waals surface area contributed by atoms with Crippen LogP contribution >= 0.6 is 25.3 Å². The Morgan fingerprint density at radius 2 is 1.15 bits per heavy atom. The first-order valence-corrected chi connectivity index (χ1v) is 9.96. The Kier molecular flexibility index (Phi) is 6.47. The van der Waals surface area contributed by atoms with Crippen LogP contribution in [0.25, 0.3) is 0 Å². The van der Waals surface area contributed by atoms with E-state index >= 15 is 0 Å². The summed E-state index contributed by atoms with van der Waals surface area (Å²) in [4.78, 5) is 1.94. The molecular weight excluding hydrogens is 354 g/mol. The van der Waals surface area contributed by atoms with Crippen molar-refractivity contribution >= 4 is 25.3 Å². The molecule has 134 valence electrons. The van der Waals surface area contributed by atoms with E-state index in [2.05, 4.69) is 116 Å². The highest BCUT2D eigenvalue weighted by molar-refractivity contribution is 7.80. The molecule has 3 heteroatoms. The number of hydrogen-bond donors (Lipinski definition) is 3. The molecule has 0 radical (unpaired) electrons. The highest BCUT2D eigenvalue weighted by atomic mass is 32.1. The van der Waals surface area contributed by atoms with Gasteiger partial charge in [0.2, 0.25) is 0 Å². The van der Waals surface area contributed by atoms with Gasteiger partial charge in [-0.1, -0.05) is 67.9 Å². The summed E-state index contributed by atoms with van der Waals surface area (Å²) in [6.45, 7) is 3.16. The third-order valence-corrected chi connectivity index (χ3v) is 5.32. The van der Waals surface area contributed by atoms with Crippen LogP contribution in [-0.2, 0) is 5.54 Å². The zero-order valence-electron chi connectivity index (χ0n) is 15.0. The van der Waals surface area contributed by atoms with Crippen LogP contribution in [-0.4, -0.2) is 6.54 Å². The molecule has 1 nitrogen and oxygen atoms in total. The SMILES string of the molecule is CCCCNC(c1ccccc1)(c1ccc(S)cc1)c1ccc(S)cc1. The Hall–Kier alpha value is -1.68. The van der Waals surface area contributed by atoms with Crippen molar-refractivity contribution in [3.05, 3.63) is 95.6 Å². The summed E-state index contributed by atoms with van der Waals surface area (Å²) in [5.74, 6) is 0. The van der Waals surface area contributed by atoms with E-state index in [1.54, 1.807) is 0 Å². The average molecular weight is 380 g/mol. The van der Waals surface area contributed by atoms with E-state index in [0.717, 1.165) is 29.2 Å². The van der Waals surface area contributed by atoms with Crippen molar-refractivity contribution in [3.63, 3.8) is 0 Å². The first-order valence-electron chi connectivity index (χ1n) is 9.06. The van der Waals surface area contributed by atoms with Gasteiger partial charge in [-0.15, -0.1) is 25.3 Å². The fraction of sp³-hybridized carbons (Fsp3) is 0.217. The molecule has 0 aliphatic carbocycles. The second kappa shape index (κ2) is 8.81. The van der Waals surface area contributed by atoms with Crippen LogP contribution in [0.4, 0.5) is 0 Å². The van der Waals surface area contributed by atoms with E-state index in [4.69, 9.17) is 0 Å². The van der Waals surface area contributed by atoms with E-state index in [1.165, 1.54) is 16.7 Å². The molecule has 3 rings (SSSR count). The van der Waals surface area contributed by atoms with Crippen molar-refractivity contribution in [2.45, 2.75) is 35.1 Å². The maximum absolute atomic E-state index is 4.47. The lowest BCUT2D eigenvalue weighted by Gasteiger charge is -2.37. The fourth-order valence-electron chi connectivity index (χ4n) is 3.37. The number of nitrogens with one attached hydrogen (secondary N) is 1. The zero-order valence-corrected chi connectivity index (χ0v) is 16.8. The van der Waals surface area contributed by atoms with Crippen molar-refractivity contribution in [3.8, 4) is 0 Å². The average Bonchev–Trinajstić information content (AvgIpc) is 2.68. The largest absolute Gasteiger partial charge is 0.300 e. The predicted octanol–water partition coefficient (Wildman–Crippen LogP) is 5.95. The zero-order chi connectivity index (χ0) is 18.4. The van der Waals surface area contributed by atoms with Gasteiger partial charge < -0.3 is 0 Å². The molecule has 3 aromatic rings. The molecule has 0 saturated heterocycles. The van der Waals surface area contributed by atoms with Crippen LogP contribution in [0, 0.1) is 0 Å². The molecule has 3 aromatic carbocycles. The minimum absolute atomic E-state index is 0.403. The minimum Gasteiger partial charge on any atom is -0.300 e. The van der Waals surface area contributed by atoms with E-state index in [0.29, 0.717) is 0 Å². The van der Waals surface area contributed by atoms with Gasteiger partial charge in [-0.25, -0.2) is 0 Å². The van der Waals surface area contributed by atoms with Gasteiger partial charge in [-0.3, -0.25) is 5.32 Å². The lowest BCUT2D eigenvalue weighted by molar-refractivity contribution is 0.463. The molecule has 0 unspecified atom stereocenters. The van der Waals surface area contributed by atoms with Crippen molar-refractivity contribution in [1.29, 1.82) is 0 Å². The molecule has 0 aliphatic rings. The number of rotatable bonds is 7. The van der Waals surface area contributed by atoms with Crippen LogP contribution < -0.4 is 5.32 Å². The molecule has 0 amide bonds.